The van der Waals surface area contributed by atoms with Crippen LogP contribution in [-0.4, -0.2) is 44.7 Å². The Morgan fingerprint density at radius 2 is 1.85 bits per heavy atom. The molecule has 1 aliphatic heterocycles. The Bertz CT molecular complexity index is 747. The van der Waals surface area contributed by atoms with Crippen LogP contribution >= 0.6 is 0 Å². The SMILES string of the molecule is C[N+](C)(C)CCCOC(=O)c1ccc(C2CCc3ccccc3N2)cc1. The van der Waals surface area contributed by atoms with Gasteiger partial charge in [0.2, 0.25) is 0 Å². The Morgan fingerprint density at radius 3 is 2.58 bits per heavy atom. The number of fused-ring (bicyclic) bond motifs is 1. The standard InChI is InChI=1S/C22H29N2O2/c1-24(2,3)15-6-16-26-22(25)19-11-9-18(10-12-19)21-14-13-17-7-4-5-8-20(17)23-21/h4-5,7-12,21,23H,6,13-16H2,1-3H3/q+1. The molecule has 138 valence electrons. The van der Waals surface area contributed by atoms with Crippen LogP contribution in [0.1, 0.15) is 40.4 Å². The third-order valence-corrected chi connectivity index (χ3v) is 4.80. The van der Waals surface area contributed by atoms with E-state index < -0.39 is 0 Å². The molecule has 26 heavy (non-hydrogen) atoms. The van der Waals surface area contributed by atoms with Gasteiger partial charge in [0.1, 0.15) is 0 Å². The second-order valence-corrected chi connectivity index (χ2v) is 8.02. The molecule has 4 heteroatoms. The second kappa shape index (κ2) is 7.92. The van der Waals surface area contributed by atoms with Crippen LogP contribution in [-0.2, 0) is 11.2 Å². The fourth-order valence-corrected chi connectivity index (χ4v) is 3.33. The van der Waals surface area contributed by atoms with Crippen molar-refractivity contribution in [2.45, 2.75) is 25.3 Å². The summed E-state index contributed by atoms with van der Waals surface area (Å²) in [4.78, 5) is 12.2. The molecular weight excluding hydrogens is 324 g/mol. The van der Waals surface area contributed by atoms with Gasteiger partial charge in [0.25, 0.3) is 0 Å². The van der Waals surface area contributed by atoms with Crippen LogP contribution in [0.5, 0.6) is 0 Å². The normalized spacial score (nSPS) is 16.5. The van der Waals surface area contributed by atoms with Crippen molar-refractivity contribution in [3.05, 3.63) is 65.2 Å². The highest BCUT2D eigenvalue weighted by Crippen LogP contribution is 2.32. The summed E-state index contributed by atoms with van der Waals surface area (Å²) in [5, 5.41) is 3.60. The van der Waals surface area contributed by atoms with E-state index in [0.717, 1.165) is 30.3 Å². The summed E-state index contributed by atoms with van der Waals surface area (Å²) in [7, 11) is 6.41. The number of ether oxygens (including phenoxy) is 1. The van der Waals surface area contributed by atoms with Crippen molar-refractivity contribution in [1.82, 2.24) is 0 Å². The lowest BCUT2D eigenvalue weighted by Crippen LogP contribution is -2.35. The molecule has 3 rings (SSSR count). The molecule has 0 bridgehead atoms. The van der Waals surface area contributed by atoms with Crippen LogP contribution in [0.15, 0.2) is 48.5 Å². The van der Waals surface area contributed by atoms with E-state index in [1.807, 2.05) is 24.3 Å². The minimum absolute atomic E-state index is 0.236. The van der Waals surface area contributed by atoms with E-state index in [1.165, 1.54) is 16.8 Å². The fourth-order valence-electron chi connectivity index (χ4n) is 3.33. The Hall–Kier alpha value is -2.33. The van der Waals surface area contributed by atoms with Crippen LogP contribution in [0.25, 0.3) is 0 Å². The molecule has 1 atom stereocenters. The molecule has 0 saturated carbocycles. The molecule has 2 aromatic carbocycles. The second-order valence-electron chi connectivity index (χ2n) is 8.02. The summed E-state index contributed by atoms with van der Waals surface area (Å²) in [6, 6.07) is 16.6. The molecule has 2 aromatic rings. The number of hydrogen-bond donors (Lipinski definition) is 1. The molecule has 4 nitrogen and oxygen atoms in total. The zero-order valence-electron chi connectivity index (χ0n) is 16.0. The minimum Gasteiger partial charge on any atom is -0.462 e. The first-order valence-electron chi connectivity index (χ1n) is 9.34. The summed E-state index contributed by atoms with van der Waals surface area (Å²) >= 11 is 0. The Kier molecular flexibility index (Phi) is 5.62. The van der Waals surface area contributed by atoms with Crippen molar-refractivity contribution in [3.63, 3.8) is 0 Å². The highest BCUT2D eigenvalue weighted by atomic mass is 16.5. The van der Waals surface area contributed by atoms with E-state index >= 15 is 0 Å². The van der Waals surface area contributed by atoms with Crippen molar-refractivity contribution < 1.29 is 14.0 Å². The molecule has 1 heterocycles. The number of anilines is 1. The van der Waals surface area contributed by atoms with E-state index in [9.17, 15) is 4.79 Å². The van der Waals surface area contributed by atoms with Crippen molar-refractivity contribution in [1.29, 1.82) is 0 Å². The van der Waals surface area contributed by atoms with Gasteiger partial charge in [-0.15, -0.1) is 0 Å². The van der Waals surface area contributed by atoms with Gasteiger partial charge in [-0.05, 0) is 42.2 Å². The van der Waals surface area contributed by atoms with Crippen molar-refractivity contribution in [3.8, 4) is 0 Å². The molecule has 1 N–H and O–H groups in total. The van der Waals surface area contributed by atoms with Crippen LogP contribution in [0.2, 0.25) is 0 Å². The van der Waals surface area contributed by atoms with Crippen molar-refractivity contribution in [2.24, 2.45) is 0 Å². The molecule has 0 aromatic heterocycles. The topological polar surface area (TPSA) is 38.3 Å². The first kappa shape index (κ1) is 18.5. The lowest BCUT2D eigenvalue weighted by molar-refractivity contribution is -0.870. The molecular formula is C22H29N2O2+. The molecule has 0 fully saturated rings. The molecule has 0 amide bonds. The van der Waals surface area contributed by atoms with Gasteiger partial charge in [-0.1, -0.05) is 30.3 Å². The van der Waals surface area contributed by atoms with Gasteiger partial charge in [-0.25, -0.2) is 4.79 Å². The summed E-state index contributed by atoms with van der Waals surface area (Å²) < 4.78 is 6.27. The largest absolute Gasteiger partial charge is 0.462 e. The predicted octanol–water partition coefficient (Wildman–Crippen LogP) is 4.04. The smallest absolute Gasteiger partial charge is 0.338 e. The monoisotopic (exact) mass is 353 g/mol. The van der Waals surface area contributed by atoms with Crippen LogP contribution < -0.4 is 5.32 Å². The number of hydrogen-bond acceptors (Lipinski definition) is 3. The third-order valence-electron chi connectivity index (χ3n) is 4.80. The Morgan fingerprint density at radius 1 is 1.12 bits per heavy atom. The lowest BCUT2D eigenvalue weighted by Gasteiger charge is -2.27. The summed E-state index contributed by atoms with van der Waals surface area (Å²) in [5.41, 5.74) is 4.42. The first-order valence-corrected chi connectivity index (χ1v) is 9.34. The van der Waals surface area contributed by atoms with Gasteiger partial charge in [0.15, 0.2) is 0 Å². The average molecular weight is 353 g/mol. The summed E-state index contributed by atoms with van der Waals surface area (Å²) in [6.07, 6.45) is 3.01. The number of aryl methyl sites for hydroxylation is 1. The van der Waals surface area contributed by atoms with Gasteiger partial charge < -0.3 is 14.5 Å². The molecule has 0 radical (unpaired) electrons. The summed E-state index contributed by atoms with van der Waals surface area (Å²) in [6.45, 7) is 1.46. The van der Waals surface area contributed by atoms with E-state index in [1.54, 1.807) is 0 Å². The van der Waals surface area contributed by atoms with Crippen LogP contribution in [0, 0.1) is 0 Å². The number of rotatable bonds is 6. The van der Waals surface area contributed by atoms with Gasteiger partial charge in [-0.3, -0.25) is 0 Å². The van der Waals surface area contributed by atoms with Crippen molar-refractivity contribution in [2.75, 3.05) is 39.6 Å². The Balaban J connectivity index is 1.54. The molecule has 1 unspecified atom stereocenters. The average Bonchev–Trinajstić information content (AvgIpc) is 2.64. The number of para-hydroxylation sites is 1. The number of esters is 1. The minimum atomic E-state index is -0.236. The van der Waals surface area contributed by atoms with Crippen LogP contribution in [0.4, 0.5) is 5.69 Å². The van der Waals surface area contributed by atoms with E-state index in [0.29, 0.717) is 18.2 Å². The number of quaternary nitrogens is 1. The maximum atomic E-state index is 12.2. The van der Waals surface area contributed by atoms with E-state index in [4.69, 9.17) is 4.74 Å². The number of carbonyl (C=O) groups is 1. The quantitative estimate of drug-likeness (QED) is 0.484. The number of nitrogens with zero attached hydrogens (tertiary/aromatic N) is 1. The number of nitrogens with one attached hydrogen (secondary N) is 1. The molecule has 0 spiro atoms. The zero-order valence-corrected chi connectivity index (χ0v) is 16.0. The van der Waals surface area contributed by atoms with Gasteiger partial charge in [-0.2, -0.15) is 0 Å². The van der Waals surface area contributed by atoms with E-state index in [2.05, 4.69) is 50.7 Å². The summed E-state index contributed by atoms with van der Waals surface area (Å²) in [5.74, 6) is -0.236. The van der Waals surface area contributed by atoms with Gasteiger partial charge in [0, 0.05) is 12.1 Å². The molecule has 0 saturated heterocycles. The fraction of sp³-hybridized carbons (Fsp3) is 0.409. The highest BCUT2D eigenvalue weighted by Gasteiger charge is 2.19. The highest BCUT2D eigenvalue weighted by molar-refractivity contribution is 5.89. The zero-order chi connectivity index (χ0) is 18.6. The van der Waals surface area contributed by atoms with Crippen LogP contribution in [0.3, 0.4) is 0 Å². The van der Waals surface area contributed by atoms with Gasteiger partial charge >= 0.3 is 5.97 Å². The molecule has 1 aliphatic rings. The lowest BCUT2D eigenvalue weighted by atomic mass is 9.93. The number of benzene rings is 2. The maximum Gasteiger partial charge on any atom is 0.338 e. The number of carbonyl (C=O) groups excluding carboxylic acids is 1. The van der Waals surface area contributed by atoms with E-state index in [-0.39, 0.29) is 5.97 Å². The predicted molar refractivity (Wildman–Crippen MR) is 105 cm³/mol. The molecule has 0 aliphatic carbocycles. The first-order chi connectivity index (χ1) is 12.4. The Labute approximate surface area is 156 Å². The van der Waals surface area contributed by atoms with Gasteiger partial charge in [0.05, 0.1) is 45.9 Å². The van der Waals surface area contributed by atoms with Crippen molar-refractivity contribution >= 4 is 11.7 Å². The third kappa shape index (κ3) is 4.85. The maximum absolute atomic E-state index is 12.2.